The minimum absolute atomic E-state index is 0.0411. The van der Waals surface area contributed by atoms with E-state index in [0.29, 0.717) is 30.9 Å². The van der Waals surface area contributed by atoms with Crippen molar-refractivity contribution >= 4 is 17.4 Å². The van der Waals surface area contributed by atoms with Crippen molar-refractivity contribution in [3.05, 3.63) is 78.4 Å². The number of allylic oxidation sites excluding steroid dienone is 1. The Labute approximate surface area is 240 Å². The van der Waals surface area contributed by atoms with E-state index in [4.69, 9.17) is 4.74 Å². The Kier molecular flexibility index (Phi) is 11.6. The average molecular weight is 546 g/mol. The van der Waals surface area contributed by atoms with Crippen LogP contribution in [0.15, 0.2) is 72.8 Å². The molecule has 0 saturated heterocycles. The van der Waals surface area contributed by atoms with E-state index >= 15 is 0 Å². The highest BCUT2D eigenvalue weighted by Gasteiger charge is 2.46. The first-order valence-corrected chi connectivity index (χ1v) is 15.4. The van der Waals surface area contributed by atoms with Crippen molar-refractivity contribution in [2.24, 2.45) is 29.6 Å². The maximum absolute atomic E-state index is 13.2. The van der Waals surface area contributed by atoms with Crippen LogP contribution in [0.4, 0.5) is 5.69 Å². The minimum atomic E-state index is -0.349. The van der Waals surface area contributed by atoms with Gasteiger partial charge in [-0.2, -0.15) is 0 Å². The summed E-state index contributed by atoms with van der Waals surface area (Å²) >= 11 is 0. The monoisotopic (exact) mass is 545 g/mol. The zero-order valence-corrected chi connectivity index (χ0v) is 24.3. The van der Waals surface area contributed by atoms with Gasteiger partial charge in [0.15, 0.2) is 5.78 Å². The molecule has 0 aromatic heterocycles. The van der Waals surface area contributed by atoms with Gasteiger partial charge in [0.05, 0.1) is 12.6 Å². The first-order chi connectivity index (χ1) is 19.5. The third kappa shape index (κ3) is 8.14. The Morgan fingerprint density at radius 3 is 2.45 bits per heavy atom. The molecule has 5 heteroatoms. The molecule has 0 radical (unpaired) electrons. The molecule has 0 aliphatic heterocycles. The molecule has 0 heterocycles. The van der Waals surface area contributed by atoms with Gasteiger partial charge in [0.2, 0.25) is 0 Å². The Morgan fingerprint density at radius 1 is 1.02 bits per heavy atom. The molecule has 4 rings (SSSR count). The third-order valence-electron chi connectivity index (χ3n) is 9.06. The molecular weight excluding hydrogens is 498 g/mol. The number of anilines is 1. The Morgan fingerprint density at radius 2 is 1.75 bits per heavy atom. The molecule has 2 aromatic rings. The second-order valence-electron chi connectivity index (χ2n) is 11.8. The molecule has 2 aliphatic carbocycles. The van der Waals surface area contributed by atoms with E-state index in [1.54, 1.807) is 11.0 Å². The molecule has 0 bridgehead atoms. The van der Waals surface area contributed by atoms with E-state index < -0.39 is 0 Å². The van der Waals surface area contributed by atoms with E-state index in [1.807, 2.05) is 66.7 Å². The van der Waals surface area contributed by atoms with Crippen LogP contribution in [0, 0.1) is 29.6 Å². The number of unbranched alkanes of at least 4 members (excludes halogenated alkanes) is 1. The van der Waals surface area contributed by atoms with Gasteiger partial charge in [-0.3, -0.25) is 9.59 Å². The summed E-state index contributed by atoms with van der Waals surface area (Å²) in [6.45, 7) is 5.38. The van der Waals surface area contributed by atoms with Gasteiger partial charge in [0.25, 0.3) is 5.91 Å². The summed E-state index contributed by atoms with van der Waals surface area (Å²) in [6, 6.07) is 19.8. The minimum Gasteiger partial charge on any atom is -0.392 e. The van der Waals surface area contributed by atoms with Crippen molar-refractivity contribution < 1.29 is 19.4 Å². The van der Waals surface area contributed by atoms with Crippen molar-refractivity contribution in [2.45, 2.75) is 77.9 Å². The molecule has 1 amide bonds. The molecule has 2 unspecified atom stereocenters. The average Bonchev–Trinajstić information content (AvgIpc) is 3.50. The van der Waals surface area contributed by atoms with Gasteiger partial charge in [0, 0.05) is 24.1 Å². The van der Waals surface area contributed by atoms with Crippen molar-refractivity contribution in [3.63, 3.8) is 0 Å². The SMILES string of the molecule is CCCCC(CC)C(=O)C=C[C@H]1[C@@H]2CC(CCOCC(=O)N(Cc3ccccc3)c3ccccc3)C[C@H]2C[C@@H]1O. The number of benzene rings is 2. The van der Waals surface area contributed by atoms with Gasteiger partial charge < -0.3 is 14.7 Å². The van der Waals surface area contributed by atoms with Crippen LogP contribution in [0.5, 0.6) is 0 Å². The number of ether oxygens (including phenoxy) is 1. The number of amides is 1. The van der Waals surface area contributed by atoms with Crippen molar-refractivity contribution in [1.29, 1.82) is 0 Å². The predicted molar refractivity (Wildman–Crippen MR) is 161 cm³/mol. The van der Waals surface area contributed by atoms with Crippen LogP contribution in [-0.2, 0) is 20.9 Å². The first-order valence-electron chi connectivity index (χ1n) is 15.4. The van der Waals surface area contributed by atoms with Gasteiger partial charge >= 0.3 is 0 Å². The fraction of sp³-hybridized carbons (Fsp3) is 0.543. The lowest BCUT2D eigenvalue weighted by atomic mass is 9.88. The highest BCUT2D eigenvalue weighted by Crippen LogP contribution is 2.51. The number of nitrogens with zero attached hydrogens (tertiary/aromatic N) is 1. The van der Waals surface area contributed by atoms with Crippen molar-refractivity contribution in [2.75, 3.05) is 18.1 Å². The summed E-state index contributed by atoms with van der Waals surface area (Å²) in [7, 11) is 0. The molecule has 216 valence electrons. The molecule has 2 aromatic carbocycles. The molecule has 0 spiro atoms. The number of aliphatic hydroxyl groups excluding tert-OH is 1. The summed E-state index contributed by atoms with van der Waals surface area (Å²) in [5.41, 5.74) is 1.95. The number of carbonyl (C=O) groups is 2. The van der Waals surface area contributed by atoms with Crippen LogP contribution in [0.1, 0.15) is 70.8 Å². The number of carbonyl (C=O) groups excluding carboxylic acids is 2. The summed E-state index contributed by atoms with van der Waals surface area (Å²) in [6.07, 6.45) is 11.4. The molecule has 5 nitrogen and oxygen atoms in total. The van der Waals surface area contributed by atoms with Gasteiger partial charge in [0.1, 0.15) is 6.61 Å². The van der Waals surface area contributed by atoms with E-state index in [9.17, 15) is 14.7 Å². The summed E-state index contributed by atoms with van der Waals surface area (Å²) < 4.78 is 5.92. The molecule has 2 fully saturated rings. The largest absolute Gasteiger partial charge is 0.392 e. The number of hydrogen-bond donors (Lipinski definition) is 1. The topological polar surface area (TPSA) is 66.8 Å². The lowest BCUT2D eigenvalue weighted by Crippen LogP contribution is -2.33. The van der Waals surface area contributed by atoms with E-state index in [1.165, 1.54) is 0 Å². The summed E-state index contributed by atoms with van der Waals surface area (Å²) in [4.78, 5) is 27.7. The number of rotatable bonds is 15. The maximum Gasteiger partial charge on any atom is 0.253 e. The lowest BCUT2D eigenvalue weighted by Gasteiger charge is -2.23. The molecule has 40 heavy (non-hydrogen) atoms. The second kappa shape index (κ2) is 15.3. The van der Waals surface area contributed by atoms with E-state index in [0.717, 1.165) is 62.6 Å². The Hall–Kier alpha value is -2.76. The maximum atomic E-state index is 13.2. The fourth-order valence-electron chi connectivity index (χ4n) is 6.80. The van der Waals surface area contributed by atoms with Crippen LogP contribution in [-0.4, -0.2) is 36.1 Å². The normalized spacial score (nSPS) is 24.7. The molecule has 2 aliphatic rings. The Bertz CT molecular complexity index is 1090. The lowest BCUT2D eigenvalue weighted by molar-refractivity contribution is -0.123. The molecule has 2 saturated carbocycles. The second-order valence-corrected chi connectivity index (χ2v) is 11.8. The van der Waals surface area contributed by atoms with Gasteiger partial charge in [-0.15, -0.1) is 0 Å². The number of fused-ring (bicyclic) bond motifs is 1. The van der Waals surface area contributed by atoms with Crippen LogP contribution in [0.2, 0.25) is 0 Å². The fourth-order valence-corrected chi connectivity index (χ4v) is 6.80. The van der Waals surface area contributed by atoms with Gasteiger partial charge in [-0.25, -0.2) is 0 Å². The zero-order chi connectivity index (χ0) is 28.3. The molecule has 6 atom stereocenters. The zero-order valence-electron chi connectivity index (χ0n) is 24.3. The van der Waals surface area contributed by atoms with Crippen LogP contribution >= 0.6 is 0 Å². The number of ketones is 1. The van der Waals surface area contributed by atoms with Gasteiger partial charge in [-0.05, 0) is 80.1 Å². The molecule has 1 N–H and O–H groups in total. The standard InChI is InChI=1S/C35H47NO4/c1-3-5-14-28(4-2)33(37)18-17-31-32-22-27(21-29(32)23-34(31)38)19-20-40-25-35(39)36(30-15-10-7-11-16-30)24-26-12-8-6-9-13-26/h6-13,15-18,27-29,31-32,34,38H,3-5,14,19-25H2,1-2H3/t27?,28?,29-,31-,32+,34-/m0/s1. The number of aliphatic hydroxyl groups is 1. The van der Waals surface area contributed by atoms with Crippen LogP contribution < -0.4 is 4.90 Å². The number of hydrogen-bond acceptors (Lipinski definition) is 4. The quantitative estimate of drug-likeness (QED) is 0.193. The van der Waals surface area contributed by atoms with E-state index in [-0.39, 0.29) is 36.2 Å². The highest BCUT2D eigenvalue weighted by atomic mass is 16.5. The van der Waals surface area contributed by atoms with Crippen molar-refractivity contribution in [3.8, 4) is 0 Å². The first kappa shape index (κ1) is 30.2. The highest BCUT2D eigenvalue weighted by molar-refractivity contribution is 5.94. The Balaban J connectivity index is 1.25. The summed E-state index contributed by atoms with van der Waals surface area (Å²) in [5, 5.41) is 10.7. The molecular formula is C35H47NO4. The van der Waals surface area contributed by atoms with Gasteiger partial charge in [-0.1, -0.05) is 81.3 Å². The van der Waals surface area contributed by atoms with Crippen LogP contribution in [0.3, 0.4) is 0 Å². The van der Waals surface area contributed by atoms with Crippen molar-refractivity contribution in [1.82, 2.24) is 0 Å². The van der Waals surface area contributed by atoms with E-state index in [2.05, 4.69) is 13.8 Å². The predicted octanol–water partition coefficient (Wildman–Crippen LogP) is 6.99. The smallest absolute Gasteiger partial charge is 0.253 e. The third-order valence-corrected chi connectivity index (χ3v) is 9.06. The van der Waals surface area contributed by atoms with Crippen LogP contribution in [0.25, 0.3) is 0 Å². The summed E-state index contributed by atoms with van der Waals surface area (Å²) in [5.74, 6) is 1.83. The number of para-hydroxylation sites is 1.